The lowest BCUT2D eigenvalue weighted by Crippen LogP contribution is -2.38. The first-order valence-corrected chi connectivity index (χ1v) is 13.3. The maximum atomic E-state index is 6.74. The van der Waals surface area contributed by atoms with Gasteiger partial charge in [0.15, 0.2) is 0 Å². The van der Waals surface area contributed by atoms with Crippen molar-refractivity contribution in [2.24, 2.45) is 4.99 Å². The van der Waals surface area contributed by atoms with Crippen LogP contribution in [0.3, 0.4) is 0 Å². The molecule has 0 bridgehead atoms. The molecule has 2 aromatic carbocycles. The van der Waals surface area contributed by atoms with E-state index in [1.165, 1.54) is 29.5 Å². The van der Waals surface area contributed by atoms with Gasteiger partial charge in [0.2, 0.25) is 0 Å². The minimum Gasteiger partial charge on any atom is -0.496 e. The molecule has 3 rings (SSSR count). The zero-order chi connectivity index (χ0) is 23.8. The van der Waals surface area contributed by atoms with Crippen LogP contribution in [-0.4, -0.2) is 61.5 Å². The van der Waals surface area contributed by atoms with Crippen LogP contribution < -0.4 is 4.74 Å². The lowest BCUT2D eigenvalue weighted by molar-refractivity contribution is 0.271. The highest BCUT2D eigenvalue weighted by Gasteiger charge is 2.26. The SMILES string of the molecule is CCN(CC)CCCC(C)N1CCN=C1c1cccc(Cl)c1CCc1cc(Br)ccc1OC. The van der Waals surface area contributed by atoms with E-state index < -0.39 is 0 Å². The molecule has 0 radical (unpaired) electrons. The zero-order valence-corrected chi connectivity index (χ0v) is 22.8. The van der Waals surface area contributed by atoms with Crippen molar-refractivity contribution in [1.82, 2.24) is 9.80 Å². The number of nitrogens with zero attached hydrogens (tertiary/aromatic N) is 3. The third-order valence-electron chi connectivity index (χ3n) is 6.64. The maximum Gasteiger partial charge on any atom is 0.131 e. The summed E-state index contributed by atoms with van der Waals surface area (Å²) in [7, 11) is 1.72. The predicted molar refractivity (Wildman–Crippen MR) is 144 cm³/mol. The Labute approximate surface area is 213 Å². The average molecular weight is 535 g/mol. The first-order chi connectivity index (χ1) is 16.0. The number of hydrogen-bond donors (Lipinski definition) is 0. The average Bonchev–Trinajstić information content (AvgIpc) is 3.31. The van der Waals surface area contributed by atoms with Gasteiger partial charge in [-0.15, -0.1) is 0 Å². The second kappa shape index (κ2) is 12.8. The highest BCUT2D eigenvalue weighted by atomic mass is 79.9. The van der Waals surface area contributed by atoms with Gasteiger partial charge in [0.1, 0.15) is 11.6 Å². The number of benzene rings is 2. The molecule has 0 saturated heterocycles. The molecule has 6 heteroatoms. The Balaban J connectivity index is 1.75. The second-order valence-electron chi connectivity index (χ2n) is 8.64. The summed E-state index contributed by atoms with van der Waals surface area (Å²) in [5.41, 5.74) is 3.51. The molecule has 0 aliphatic carbocycles. The zero-order valence-electron chi connectivity index (χ0n) is 20.4. The smallest absolute Gasteiger partial charge is 0.131 e. The van der Waals surface area contributed by atoms with Gasteiger partial charge < -0.3 is 14.5 Å². The number of halogens is 2. The van der Waals surface area contributed by atoms with Crippen molar-refractivity contribution in [3.8, 4) is 5.75 Å². The molecule has 180 valence electrons. The first kappa shape index (κ1) is 26.1. The van der Waals surface area contributed by atoms with Crippen LogP contribution in [-0.2, 0) is 12.8 Å². The van der Waals surface area contributed by atoms with Crippen molar-refractivity contribution in [2.45, 2.75) is 52.5 Å². The summed E-state index contributed by atoms with van der Waals surface area (Å²) in [6.07, 6.45) is 4.06. The Bertz CT molecular complexity index is 945. The van der Waals surface area contributed by atoms with E-state index >= 15 is 0 Å². The minimum absolute atomic E-state index is 0.457. The van der Waals surface area contributed by atoms with Crippen LogP contribution >= 0.6 is 27.5 Å². The Morgan fingerprint density at radius 3 is 2.70 bits per heavy atom. The first-order valence-electron chi connectivity index (χ1n) is 12.1. The molecule has 2 aromatic rings. The number of methoxy groups -OCH3 is 1. The molecule has 0 saturated carbocycles. The summed E-state index contributed by atoms with van der Waals surface area (Å²) in [6.45, 7) is 12.0. The van der Waals surface area contributed by atoms with E-state index in [4.69, 9.17) is 21.3 Å². The lowest BCUT2D eigenvalue weighted by Gasteiger charge is -2.30. The van der Waals surface area contributed by atoms with Crippen LogP contribution in [0.1, 0.15) is 50.3 Å². The van der Waals surface area contributed by atoms with E-state index in [0.29, 0.717) is 6.04 Å². The molecule has 1 atom stereocenters. The van der Waals surface area contributed by atoms with Gasteiger partial charge >= 0.3 is 0 Å². The Hall–Kier alpha value is -1.56. The predicted octanol–water partition coefficient (Wildman–Crippen LogP) is 6.47. The van der Waals surface area contributed by atoms with Gasteiger partial charge in [-0.3, -0.25) is 4.99 Å². The monoisotopic (exact) mass is 533 g/mol. The van der Waals surface area contributed by atoms with Crippen LogP contribution in [0, 0.1) is 0 Å². The Morgan fingerprint density at radius 2 is 1.97 bits per heavy atom. The summed E-state index contributed by atoms with van der Waals surface area (Å²) in [4.78, 5) is 9.91. The highest BCUT2D eigenvalue weighted by molar-refractivity contribution is 9.10. The molecular formula is C27H37BrClN3O. The van der Waals surface area contributed by atoms with Crippen LogP contribution in [0.5, 0.6) is 5.75 Å². The lowest BCUT2D eigenvalue weighted by atomic mass is 9.97. The van der Waals surface area contributed by atoms with Crippen LogP contribution in [0.4, 0.5) is 0 Å². The van der Waals surface area contributed by atoms with E-state index in [9.17, 15) is 0 Å². The number of ether oxygens (including phenoxy) is 1. The van der Waals surface area contributed by atoms with Crippen molar-refractivity contribution < 1.29 is 4.74 Å². The van der Waals surface area contributed by atoms with Crippen molar-refractivity contribution in [3.05, 3.63) is 62.6 Å². The molecule has 4 nitrogen and oxygen atoms in total. The van der Waals surface area contributed by atoms with Gasteiger partial charge in [-0.05, 0) is 87.6 Å². The molecule has 33 heavy (non-hydrogen) atoms. The van der Waals surface area contributed by atoms with Crippen molar-refractivity contribution in [2.75, 3.05) is 39.8 Å². The number of aryl methyl sites for hydroxylation is 1. The fourth-order valence-corrected chi connectivity index (χ4v) is 5.34. The van der Waals surface area contributed by atoms with Crippen molar-refractivity contribution >= 4 is 33.4 Å². The summed E-state index contributed by atoms with van der Waals surface area (Å²) < 4.78 is 6.64. The van der Waals surface area contributed by atoms with E-state index in [1.54, 1.807) is 7.11 Å². The summed E-state index contributed by atoms with van der Waals surface area (Å²) in [5, 5.41) is 0.810. The van der Waals surface area contributed by atoms with E-state index in [-0.39, 0.29) is 0 Å². The van der Waals surface area contributed by atoms with Gasteiger partial charge in [0, 0.05) is 27.6 Å². The number of aliphatic imine (C=N–C) groups is 1. The largest absolute Gasteiger partial charge is 0.496 e. The molecule has 0 aromatic heterocycles. The normalized spacial score (nSPS) is 14.6. The molecule has 0 amide bonds. The third kappa shape index (κ3) is 6.74. The van der Waals surface area contributed by atoms with Crippen LogP contribution in [0.25, 0.3) is 0 Å². The van der Waals surface area contributed by atoms with Crippen LogP contribution in [0.15, 0.2) is 45.9 Å². The molecule has 0 spiro atoms. The molecule has 1 heterocycles. The number of rotatable bonds is 12. The molecule has 0 fully saturated rings. The highest BCUT2D eigenvalue weighted by Crippen LogP contribution is 2.29. The summed E-state index contributed by atoms with van der Waals surface area (Å²) in [5.74, 6) is 2.01. The quantitative estimate of drug-likeness (QED) is 0.312. The number of hydrogen-bond acceptors (Lipinski definition) is 4. The van der Waals surface area contributed by atoms with E-state index in [0.717, 1.165) is 66.6 Å². The Kier molecular flexibility index (Phi) is 10.1. The van der Waals surface area contributed by atoms with Gasteiger partial charge in [-0.1, -0.05) is 53.5 Å². The molecular weight excluding hydrogens is 498 g/mol. The van der Waals surface area contributed by atoms with Gasteiger partial charge in [-0.25, -0.2) is 0 Å². The fraction of sp³-hybridized carbons (Fsp3) is 0.519. The summed E-state index contributed by atoms with van der Waals surface area (Å²) in [6, 6.07) is 12.8. The van der Waals surface area contributed by atoms with E-state index in [1.807, 2.05) is 24.3 Å². The van der Waals surface area contributed by atoms with Gasteiger partial charge in [0.05, 0.1) is 13.7 Å². The second-order valence-corrected chi connectivity index (χ2v) is 9.96. The Morgan fingerprint density at radius 1 is 1.18 bits per heavy atom. The van der Waals surface area contributed by atoms with Gasteiger partial charge in [0.25, 0.3) is 0 Å². The fourth-order valence-electron chi connectivity index (χ4n) is 4.66. The van der Waals surface area contributed by atoms with Gasteiger partial charge in [-0.2, -0.15) is 0 Å². The van der Waals surface area contributed by atoms with Crippen LogP contribution in [0.2, 0.25) is 5.02 Å². The minimum atomic E-state index is 0.457. The van der Waals surface area contributed by atoms with Crippen molar-refractivity contribution in [1.29, 1.82) is 0 Å². The summed E-state index contributed by atoms with van der Waals surface area (Å²) >= 11 is 10.3. The molecule has 1 unspecified atom stereocenters. The topological polar surface area (TPSA) is 28.1 Å². The molecule has 0 N–H and O–H groups in total. The van der Waals surface area contributed by atoms with E-state index in [2.05, 4.69) is 58.6 Å². The van der Waals surface area contributed by atoms with Crippen molar-refractivity contribution in [3.63, 3.8) is 0 Å². The number of amidine groups is 1. The molecule has 1 aliphatic heterocycles. The standard InChI is InChI=1S/C27H37BrClN3O/c1-5-31(6-2)17-8-9-20(3)32-18-16-30-27(32)24-10-7-11-25(29)23(24)14-12-21-19-22(28)13-15-26(21)33-4/h7,10-11,13,15,19-20H,5-6,8-9,12,14,16-18H2,1-4H3. The molecule has 1 aliphatic rings. The third-order valence-corrected chi connectivity index (χ3v) is 7.49. The maximum absolute atomic E-state index is 6.74.